The highest BCUT2D eigenvalue weighted by atomic mass is 32.2. The zero-order valence-corrected chi connectivity index (χ0v) is 18.5. The lowest BCUT2D eigenvalue weighted by Gasteiger charge is -2.36. The quantitative estimate of drug-likeness (QED) is 0.590. The van der Waals surface area contributed by atoms with Crippen molar-refractivity contribution in [3.8, 4) is 11.5 Å². The van der Waals surface area contributed by atoms with Gasteiger partial charge < -0.3 is 9.47 Å². The molecule has 0 saturated carbocycles. The molecule has 1 unspecified atom stereocenters. The Balaban J connectivity index is 1.93. The Bertz CT molecular complexity index is 1120. The number of esters is 1. The summed E-state index contributed by atoms with van der Waals surface area (Å²) in [5.74, 6) is -0.104. The minimum atomic E-state index is -4.01. The number of carbonyl (C=O) groups is 2. The molecule has 0 saturated heterocycles. The van der Waals surface area contributed by atoms with E-state index in [9.17, 15) is 18.0 Å². The Hall–Kier alpha value is -2.87. The lowest BCUT2D eigenvalue weighted by molar-refractivity contribution is -0.135. The molecule has 1 aliphatic rings. The molecular weight excluding hydrogens is 406 g/mol. The fourth-order valence-corrected chi connectivity index (χ4v) is 4.67. The lowest BCUT2D eigenvalue weighted by atomic mass is 9.87. The minimum Gasteiger partial charge on any atom is -0.477 e. The van der Waals surface area contributed by atoms with Crippen LogP contribution in [0.3, 0.4) is 0 Å². The molecule has 1 atom stereocenters. The van der Waals surface area contributed by atoms with Gasteiger partial charge in [0.2, 0.25) is 0 Å². The van der Waals surface area contributed by atoms with Crippen LogP contribution < -0.4 is 14.2 Å². The molecule has 1 aliphatic heterocycles. The third-order valence-corrected chi connectivity index (χ3v) is 6.84. The van der Waals surface area contributed by atoms with Gasteiger partial charge >= 0.3 is 5.97 Å². The number of hydrogen-bond acceptors (Lipinski definition) is 6. The van der Waals surface area contributed by atoms with Crippen molar-refractivity contribution in [2.24, 2.45) is 0 Å². The average Bonchev–Trinajstić information content (AvgIpc) is 2.69. The summed E-state index contributed by atoms with van der Waals surface area (Å²) in [6, 6.07) is 7.71. The maximum absolute atomic E-state index is 12.9. The van der Waals surface area contributed by atoms with E-state index in [1.54, 1.807) is 25.1 Å². The number of rotatable bonds is 4. The SMILES string of the molecule is CC(=O)Oc1c(C)c(C)c2c(c1C)CCC(C)(C(=O)NS(=O)(=O)c1ccccc1)O2. The van der Waals surface area contributed by atoms with Crippen LogP contribution in [-0.4, -0.2) is 25.9 Å². The summed E-state index contributed by atoms with van der Waals surface area (Å²) in [4.78, 5) is 24.4. The van der Waals surface area contributed by atoms with Gasteiger partial charge in [-0.2, -0.15) is 0 Å². The number of carbonyl (C=O) groups excluding carboxylic acids is 2. The second kappa shape index (κ2) is 7.75. The highest BCUT2D eigenvalue weighted by Crippen LogP contribution is 2.44. The summed E-state index contributed by atoms with van der Waals surface area (Å²) in [6.45, 7) is 8.41. The van der Waals surface area contributed by atoms with Crippen LogP contribution in [0.1, 0.15) is 42.5 Å². The normalized spacial score (nSPS) is 18.2. The number of fused-ring (bicyclic) bond motifs is 1. The zero-order chi connectivity index (χ0) is 22.3. The van der Waals surface area contributed by atoms with Gasteiger partial charge in [-0.05, 0) is 62.9 Å². The number of nitrogens with one attached hydrogen (secondary N) is 1. The highest BCUT2D eigenvalue weighted by Gasteiger charge is 2.42. The van der Waals surface area contributed by atoms with Gasteiger partial charge in [0, 0.05) is 18.9 Å². The standard InChI is InChI=1S/C22H25NO6S/c1-13-14(2)20-18(15(3)19(13)28-16(4)24)11-12-22(5,29-20)21(25)23-30(26,27)17-9-7-6-8-10-17/h6-10H,11-12H2,1-5H3,(H,23,25). The first-order valence-corrected chi connectivity index (χ1v) is 11.1. The summed E-state index contributed by atoms with van der Waals surface area (Å²) >= 11 is 0. The fraction of sp³-hybridized carbons (Fsp3) is 0.364. The van der Waals surface area contributed by atoms with Crippen molar-refractivity contribution in [3.05, 3.63) is 52.6 Å². The van der Waals surface area contributed by atoms with Crippen molar-refractivity contribution in [3.63, 3.8) is 0 Å². The largest absolute Gasteiger partial charge is 0.477 e. The molecule has 0 fully saturated rings. The molecule has 1 amide bonds. The molecule has 2 aromatic carbocycles. The first-order chi connectivity index (χ1) is 14.0. The van der Waals surface area contributed by atoms with Gasteiger partial charge in [0.05, 0.1) is 4.90 Å². The molecule has 2 aromatic rings. The molecule has 0 aromatic heterocycles. The molecule has 0 aliphatic carbocycles. The van der Waals surface area contributed by atoms with Crippen LogP contribution in [-0.2, 0) is 26.0 Å². The summed E-state index contributed by atoms with van der Waals surface area (Å²) < 4.78 is 38.7. The van der Waals surface area contributed by atoms with Crippen LogP contribution in [0, 0.1) is 20.8 Å². The fourth-order valence-electron chi connectivity index (χ4n) is 3.58. The van der Waals surface area contributed by atoms with Crippen molar-refractivity contribution >= 4 is 21.9 Å². The topological polar surface area (TPSA) is 98.8 Å². The molecule has 8 heteroatoms. The van der Waals surface area contributed by atoms with E-state index in [1.165, 1.54) is 19.1 Å². The van der Waals surface area contributed by atoms with Gasteiger partial charge in [-0.25, -0.2) is 13.1 Å². The third-order valence-electron chi connectivity index (χ3n) is 5.50. The predicted molar refractivity (Wildman–Crippen MR) is 111 cm³/mol. The second-order valence-electron chi connectivity index (χ2n) is 7.69. The van der Waals surface area contributed by atoms with Crippen LogP contribution >= 0.6 is 0 Å². The van der Waals surface area contributed by atoms with Crippen LogP contribution in [0.25, 0.3) is 0 Å². The molecule has 0 bridgehead atoms. The van der Waals surface area contributed by atoms with Gasteiger partial charge in [-0.1, -0.05) is 18.2 Å². The molecule has 3 rings (SSSR count). The molecule has 30 heavy (non-hydrogen) atoms. The van der Waals surface area contributed by atoms with E-state index in [-0.39, 0.29) is 11.3 Å². The number of benzene rings is 2. The second-order valence-corrected chi connectivity index (χ2v) is 9.37. The van der Waals surface area contributed by atoms with E-state index in [0.717, 1.165) is 22.3 Å². The Kier molecular flexibility index (Phi) is 5.64. The van der Waals surface area contributed by atoms with Crippen molar-refractivity contribution in [2.45, 2.75) is 58.0 Å². The van der Waals surface area contributed by atoms with Gasteiger partial charge in [0.1, 0.15) is 11.5 Å². The lowest BCUT2D eigenvalue weighted by Crippen LogP contribution is -2.52. The molecule has 1 heterocycles. The average molecular weight is 432 g/mol. The van der Waals surface area contributed by atoms with E-state index in [4.69, 9.17) is 9.47 Å². The number of ether oxygens (including phenoxy) is 2. The van der Waals surface area contributed by atoms with Crippen molar-refractivity contribution in [1.82, 2.24) is 4.72 Å². The van der Waals surface area contributed by atoms with E-state index >= 15 is 0 Å². The van der Waals surface area contributed by atoms with Crippen molar-refractivity contribution in [1.29, 1.82) is 0 Å². The molecule has 0 spiro atoms. The molecular formula is C22H25NO6S. The van der Waals surface area contributed by atoms with Gasteiger partial charge in [-0.15, -0.1) is 0 Å². The summed E-state index contributed by atoms with van der Waals surface area (Å²) in [5, 5.41) is 0. The maximum Gasteiger partial charge on any atom is 0.308 e. The smallest absolute Gasteiger partial charge is 0.308 e. The van der Waals surface area contributed by atoms with E-state index in [0.29, 0.717) is 17.9 Å². The summed E-state index contributed by atoms with van der Waals surface area (Å²) in [7, 11) is -4.01. The molecule has 0 radical (unpaired) electrons. The Labute approximate surface area is 176 Å². The zero-order valence-electron chi connectivity index (χ0n) is 17.7. The van der Waals surface area contributed by atoms with E-state index in [1.807, 2.05) is 20.8 Å². The predicted octanol–water partition coefficient (Wildman–Crippen LogP) is 3.13. The Morgan fingerprint density at radius 1 is 1.07 bits per heavy atom. The first-order valence-electron chi connectivity index (χ1n) is 9.58. The monoisotopic (exact) mass is 431 g/mol. The molecule has 1 N–H and O–H groups in total. The number of amides is 1. The van der Waals surface area contributed by atoms with Gasteiger partial charge in [0.25, 0.3) is 15.9 Å². The Morgan fingerprint density at radius 2 is 1.70 bits per heavy atom. The highest BCUT2D eigenvalue weighted by molar-refractivity contribution is 7.90. The Morgan fingerprint density at radius 3 is 2.30 bits per heavy atom. The number of hydrogen-bond donors (Lipinski definition) is 1. The van der Waals surface area contributed by atoms with Crippen LogP contribution in [0.4, 0.5) is 0 Å². The minimum absolute atomic E-state index is 0.00653. The van der Waals surface area contributed by atoms with Gasteiger partial charge in [-0.3, -0.25) is 9.59 Å². The maximum atomic E-state index is 12.9. The first kappa shape index (κ1) is 21.8. The summed E-state index contributed by atoms with van der Waals surface area (Å²) in [5.41, 5.74) is 1.76. The van der Waals surface area contributed by atoms with Gasteiger partial charge in [0.15, 0.2) is 5.60 Å². The molecule has 7 nitrogen and oxygen atoms in total. The van der Waals surface area contributed by atoms with E-state index in [2.05, 4.69) is 4.72 Å². The van der Waals surface area contributed by atoms with Crippen LogP contribution in [0.2, 0.25) is 0 Å². The third kappa shape index (κ3) is 3.92. The van der Waals surface area contributed by atoms with Crippen molar-refractivity contribution < 1.29 is 27.5 Å². The van der Waals surface area contributed by atoms with Crippen LogP contribution in [0.5, 0.6) is 11.5 Å². The van der Waals surface area contributed by atoms with Crippen LogP contribution in [0.15, 0.2) is 35.2 Å². The van der Waals surface area contributed by atoms with E-state index < -0.39 is 27.5 Å². The summed E-state index contributed by atoms with van der Waals surface area (Å²) in [6.07, 6.45) is 0.755. The molecule has 160 valence electrons. The van der Waals surface area contributed by atoms with Crippen molar-refractivity contribution in [2.75, 3.05) is 0 Å². The number of sulfonamides is 1.